The molecule has 3 aromatic rings. The fourth-order valence-corrected chi connectivity index (χ4v) is 3.41. The van der Waals surface area contributed by atoms with Gasteiger partial charge in [-0.3, -0.25) is 14.9 Å². The molecule has 0 heterocycles. The number of nitro benzene ring substituents is 1. The van der Waals surface area contributed by atoms with Gasteiger partial charge in [-0.25, -0.2) is 0 Å². The van der Waals surface area contributed by atoms with E-state index in [4.69, 9.17) is 16.3 Å². The molecule has 0 aliphatic carbocycles. The van der Waals surface area contributed by atoms with E-state index in [1.54, 1.807) is 37.3 Å². The molecule has 0 aliphatic rings. The highest BCUT2D eigenvalue weighted by atomic mass is 79.9. The number of ether oxygens (including phenoxy) is 1. The van der Waals surface area contributed by atoms with Crippen molar-refractivity contribution in [2.45, 2.75) is 13.5 Å². The molecule has 9 heteroatoms. The van der Waals surface area contributed by atoms with Crippen molar-refractivity contribution in [2.24, 2.45) is 0 Å². The summed E-state index contributed by atoms with van der Waals surface area (Å²) in [6, 6.07) is 18.5. The standard InChI is InChI=1S/C24H17BrClN3O4/c1-15-10-21(29(31)32)7-8-22(15)28-24(30)18(13-27)11-17-12-19(25)4-9-23(17)33-14-16-2-5-20(26)6-3-16/h2-12H,14H2,1H3,(H,28,30)/b18-11+. The highest BCUT2D eigenvalue weighted by Gasteiger charge is 2.15. The second kappa shape index (κ2) is 10.8. The van der Waals surface area contributed by atoms with Crippen molar-refractivity contribution in [3.05, 3.63) is 103 Å². The van der Waals surface area contributed by atoms with Gasteiger partial charge in [0.15, 0.2) is 0 Å². The third kappa shape index (κ3) is 6.42. The Kier molecular flexibility index (Phi) is 7.83. The number of nitriles is 1. The van der Waals surface area contributed by atoms with E-state index in [0.717, 1.165) is 10.0 Å². The minimum absolute atomic E-state index is 0.0850. The Morgan fingerprint density at radius 3 is 2.58 bits per heavy atom. The molecule has 0 saturated heterocycles. The topological polar surface area (TPSA) is 105 Å². The van der Waals surface area contributed by atoms with Crippen molar-refractivity contribution in [3.63, 3.8) is 0 Å². The van der Waals surface area contributed by atoms with Gasteiger partial charge in [-0.05, 0) is 60.5 Å². The molecule has 0 bridgehead atoms. The summed E-state index contributed by atoms with van der Waals surface area (Å²) in [7, 11) is 0. The van der Waals surface area contributed by atoms with Crippen molar-refractivity contribution >= 4 is 50.9 Å². The number of hydrogen-bond donors (Lipinski definition) is 1. The molecule has 166 valence electrons. The van der Waals surface area contributed by atoms with Crippen LogP contribution >= 0.6 is 27.5 Å². The van der Waals surface area contributed by atoms with E-state index in [2.05, 4.69) is 21.2 Å². The summed E-state index contributed by atoms with van der Waals surface area (Å²) < 4.78 is 6.65. The van der Waals surface area contributed by atoms with E-state index in [-0.39, 0.29) is 17.9 Å². The van der Waals surface area contributed by atoms with Gasteiger partial charge in [-0.2, -0.15) is 5.26 Å². The van der Waals surface area contributed by atoms with Crippen molar-refractivity contribution in [3.8, 4) is 11.8 Å². The maximum absolute atomic E-state index is 12.7. The lowest BCUT2D eigenvalue weighted by atomic mass is 10.1. The number of amides is 1. The van der Waals surface area contributed by atoms with Crippen LogP contribution in [0.5, 0.6) is 5.75 Å². The normalized spacial score (nSPS) is 10.9. The summed E-state index contributed by atoms with van der Waals surface area (Å²) in [6.07, 6.45) is 1.43. The lowest BCUT2D eigenvalue weighted by Crippen LogP contribution is -2.14. The Bertz CT molecular complexity index is 1280. The molecule has 0 saturated carbocycles. The maximum atomic E-state index is 12.7. The molecule has 0 aliphatic heterocycles. The van der Waals surface area contributed by atoms with Crippen LogP contribution in [-0.4, -0.2) is 10.8 Å². The Labute approximate surface area is 203 Å². The molecule has 33 heavy (non-hydrogen) atoms. The fraction of sp³-hybridized carbons (Fsp3) is 0.0833. The van der Waals surface area contributed by atoms with Gasteiger partial charge in [-0.15, -0.1) is 0 Å². The SMILES string of the molecule is Cc1cc([N+](=O)[O-])ccc1NC(=O)/C(C#N)=C/c1cc(Br)ccc1OCc1ccc(Cl)cc1. The highest BCUT2D eigenvalue weighted by Crippen LogP contribution is 2.27. The second-order valence-corrected chi connectivity index (χ2v) is 8.33. The van der Waals surface area contributed by atoms with Crippen LogP contribution in [0, 0.1) is 28.4 Å². The van der Waals surface area contributed by atoms with Crippen molar-refractivity contribution in [2.75, 3.05) is 5.32 Å². The second-order valence-electron chi connectivity index (χ2n) is 6.98. The van der Waals surface area contributed by atoms with Gasteiger partial charge in [0, 0.05) is 32.9 Å². The van der Waals surface area contributed by atoms with Crippen molar-refractivity contribution in [1.29, 1.82) is 5.26 Å². The van der Waals surface area contributed by atoms with E-state index < -0.39 is 10.8 Å². The number of carbonyl (C=O) groups excluding carboxylic acids is 1. The molecule has 3 aromatic carbocycles. The van der Waals surface area contributed by atoms with Crippen LogP contribution in [0.2, 0.25) is 5.02 Å². The van der Waals surface area contributed by atoms with E-state index >= 15 is 0 Å². The molecular weight excluding hydrogens is 510 g/mol. The van der Waals surface area contributed by atoms with Crippen LogP contribution in [0.4, 0.5) is 11.4 Å². The summed E-state index contributed by atoms with van der Waals surface area (Å²) in [5.74, 6) is -0.154. The zero-order valence-corrected chi connectivity index (χ0v) is 19.7. The van der Waals surface area contributed by atoms with Gasteiger partial charge in [0.1, 0.15) is 24.0 Å². The molecular formula is C24H17BrClN3O4. The number of non-ortho nitro benzene ring substituents is 1. The lowest BCUT2D eigenvalue weighted by Gasteiger charge is -2.11. The predicted molar refractivity (Wildman–Crippen MR) is 130 cm³/mol. The Balaban J connectivity index is 1.83. The molecule has 0 unspecified atom stereocenters. The third-order valence-corrected chi connectivity index (χ3v) is 5.36. The summed E-state index contributed by atoms with van der Waals surface area (Å²) in [6.45, 7) is 1.91. The average molecular weight is 527 g/mol. The number of carbonyl (C=O) groups is 1. The first-order valence-electron chi connectivity index (χ1n) is 9.62. The van der Waals surface area contributed by atoms with Crippen LogP contribution in [0.3, 0.4) is 0 Å². The van der Waals surface area contributed by atoms with Crippen LogP contribution in [0.25, 0.3) is 6.08 Å². The summed E-state index contributed by atoms with van der Waals surface area (Å²) in [4.78, 5) is 23.1. The number of hydrogen-bond acceptors (Lipinski definition) is 5. The minimum atomic E-state index is -0.641. The number of nitrogens with one attached hydrogen (secondary N) is 1. The molecule has 1 N–H and O–H groups in total. The number of nitrogens with zero attached hydrogens (tertiary/aromatic N) is 2. The molecule has 0 spiro atoms. The quantitative estimate of drug-likeness (QED) is 0.165. The van der Waals surface area contributed by atoms with E-state index in [1.807, 2.05) is 18.2 Å². The van der Waals surface area contributed by atoms with Gasteiger partial charge in [-0.1, -0.05) is 39.7 Å². The number of rotatable bonds is 7. The number of benzene rings is 3. The summed E-state index contributed by atoms with van der Waals surface area (Å²) in [5, 5.41) is 23.7. The monoisotopic (exact) mass is 525 g/mol. The first kappa shape index (κ1) is 24.0. The molecule has 0 fully saturated rings. The highest BCUT2D eigenvalue weighted by molar-refractivity contribution is 9.10. The van der Waals surface area contributed by atoms with Crippen LogP contribution in [-0.2, 0) is 11.4 Å². The number of aryl methyl sites for hydroxylation is 1. The van der Waals surface area contributed by atoms with Gasteiger partial charge in [0.2, 0.25) is 0 Å². The molecule has 0 radical (unpaired) electrons. The largest absolute Gasteiger partial charge is 0.488 e. The Morgan fingerprint density at radius 1 is 1.21 bits per heavy atom. The van der Waals surface area contributed by atoms with Crippen LogP contribution in [0.15, 0.2) is 70.7 Å². The predicted octanol–water partition coefficient (Wildman–Crippen LogP) is 6.44. The third-order valence-electron chi connectivity index (χ3n) is 4.61. The van der Waals surface area contributed by atoms with E-state index in [0.29, 0.717) is 27.6 Å². The fourth-order valence-electron chi connectivity index (χ4n) is 2.90. The lowest BCUT2D eigenvalue weighted by molar-refractivity contribution is -0.384. The Morgan fingerprint density at radius 2 is 1.94 bits per heavy atom. The van der Waals surface area contributed by atoms with Gasteiger partial charge in [0.05, 0.1) is 4.92 Å². The molecule has 0 atom stereocenters. The first-order valence-corrected chi connectivity index (χ1v) is 10.8. The summed E-state index contributed by atoms with van der Waals surface area (Å²) in [5.41, 5.74) is 2.08. The first-order chi connectivity index (χ1) is 15.8. The zero-order valence-electron chi connectivity index (χ0n) is 17.3. The number of nitro groups is 1. The van der Waals surface area contributed by atoms with E-state index in [9.17, 15) is 20.2 Å². The van der Waals surface area contributed by atoms with Gasteiger partial charge in [0.25, 0.3) is 11.6 Å². The summed E-state index contributed by atoms with van der Waals surface area (Å²) >= 11 is 9.30. The van der Waals surface area contributed by atoms with Crippen molar-refractivity contribution in [1.82, 2.24) is 0 Å². The molecule has 0 aromatic heterocycles. The maximum Gasteiger partial charge on any atom is 0.269 e. The smallest absolute Gasteiger partial charge is 0.269 e. The van der Waals surface area contributed by atoms with Gasteiger partial charge >= 0.3 is 0 Å². The molecule has 3 rings (SSSR count). The number of anilines is 1. The zero-order chi connectivity index (χ0) is 24.0. The minimum Gasteiger partial charge on any atom is -0.488 e. The van der Waals surface area contributed by atoms with Crippen LogP contribution in [0.1, 0.15) is 16.7 Å². The molecule has 1 amide bonds. The molecule has 7 nitrogen and oxygen atoms in total. The van der Waals surface area contributed by atoms with Crippen LogP contribution < -0.4 is 10.1 Å². The Hall–Kier alpha value is -3.67. The average Bonchev–Trinajstić information content (AvgIpc) is 2.79. The van der Waals surface area contributed by atoms with Gasteiger partial charge < -0.3 is 10.1 Å². The van der Waals surface area contributed by atoms with Crippen molar-refractivity contribution < 1.29 is 14.5 Å². The van der Waals surface area contributed by atoms with E-state index in [1.165, 1.54) is 24.3 Å². The number of halogens is 2.